The predicted octanol–water partition coefficient (Wildman–Crippen LogP) is 3.32. The van der Waals surface area contributed by atoms with Crippen molar-refractivity contribution in [3.05, 3.63) is 33.9 Å². The quantitative estimate of drug-likeness (QED) is 0.611. The maximum absolute atomic E-state index is 10.9. The molecule has 4 nitrogen and oxygen atoms in total. The van der Waals surface area contributed by atoms with Crippen LogP contribution >= 0.6 is 0 Å². The molecule has 1 aliphatic heterocycles. The predicted molar refractivity (Wildman–Crippen MR) is 70.8 cm³/mol. The van der Waals surface area contributed by atoms with Gasteiger partial charge in [-0.1, -0.05) is 27.7 Å². The fraction of sp³-hybridized carbons (Fsp3) is 0.571. The maximum atomic E-state index is 10.9. The van der Waals surface area contributed by atoms with Gasteiger partial charge in [0.1, 0.15) is 0 Å². The molecule has 1 N–H and O–H groups in total. The van der Waals surface area contributed by atoms with E-state index >= 15 is 0 Å². The number of nitrogens with zero attached hydrogens (tertiary/aromatic N) is 1. The monoisotopic (exact) mass is 246 g/mol. The van der Waals surface area contributed by atoms with Gasteiger partial charge < -0.3 is 5.32 Å². The van der Waals surface area contributed by atoms with Crippen molar-refractivity contribution in [2.75, 3.05) is 11.9 Å². The Bertz CT molecular complexity index is 547. The van der Waals surface area contributed by atoms with E-state index in [4.69, 9.17) is 0 Å². The minimum Gasteiger partial charge on any atom is -0.384 e. The average molecular weight is 246 g/mol. The number of non-ortho nitro benzene ring substituents is 1. The Morgan fingerprint density at radius 1 is 1.22 bits per heavy atom. The molecule has 0 atom stereocenters. The Labute approximate surface area is 107 Å². The molecule has 2 aliphatic rings. The normalized spacial score (nSPS) is 24.4. The van der Waals surface area contributed by atoms with Crippen LogP contribution in [0.3, 0.4) is 0 Å². The fourth-order valence-electron chi connectivity index (χ4n) is 4.02. The largest absolute Gasteiger partial charge is 0.384 e. The molecule has 0 amide bonds. The topological polar surface area (TPSA) is 55.2 Å². The lowest BCUT2D eigenvalue weighted by atomic mass is 9.88. The SMILES string of the molecule is CC1(C)C(C)(C)C12CNc1ccc([N+](=O)[O-])cc12. The molecule has 0 unspecified atom stereocenters. The van der Waals surface area contributed by atoms with Crippen molar-refractivity contribution in [1.82, 2.24) is 0 Å². The van der Waals surface area contributed by atoms with Crippen molar-refractivity contribution in [1.29, 1.82) is 0 Å². The van der Waals surface area contributed by atoms with Crippen LogP contribution in [0, 0.1) is 20.9 Å². The van der Waals surface area contributed by atoms with Crippen LogP contribution in [0.1, 0.15) is 33.3 Å². The number of nitro groups is 1. The van der Waals surface area contributed by atoms with Gasteiger partial charge >= 0.3 is 0 Å². The highest BCUT2D eigenvalue weighted by Crippen LogP contribution is 2.80. The fourth-order valence-corrected chi connectivity index (χ4v) is 4.02. The van der Waals surface area contributed by atoms with Crippen LogP contribution in [0.15, 0.2) is 18.2 Å². The molecule has 96 valence electrons. The molecular weight excluding hydrogens is 228 g/mol. The molecule has 4 heteroatoms. The molecule has 1 heterocycles. The Balaban J connectivity index is 2.19. The van der Waals surface area contributed by atoms with Crippen molar-refractivity contribution < 1.29 is 4.92 Å². The van der Waals surface area contributed by atoms with Gasteiger partial charge in [-0.25, -0.2) is 0 Å². The van der Waals surface area contributed by atoms with Crippen LogP contribution in [0.2, 0.25) is 0 Å². The molecule has 1 spiro atoms. The van der Waals surface area contributed by atoms with Crippen molar-refractivity contribution in [2.24, 2.45) is 10.8 Å². The number of nitro benzene ring substituents is 1. The second-order valence-corrected chi connectivity index (χ2v) is 6.50. The first kappa shape index (κ1) is 11.5. The summed E-state index contributed by atoms with van der Waals surface area (Å²) in [6, 6.07) is 5.17. The van der Waals surface area contributed by atoms with E-state index in [0.29, 0.717) is 0 Å². The summed E-state index contributed by atoms with van der Waals surface area (Å²) in [5, 5.41) is 14.3. The Hall–Kier alpha value is -1.58. The number of anilines is 1. The summed E-state index contributed by atoms with van der Waals surface area (Å²) in [6.45, 7) is 9.89. The van der Waals surface area contributed by atoms with Crippen LogP contribution in [-0.2, 0) is 5.41 Å². The first-order chi connectivity index (χ1) is 8.25. The van der Waals surface area contributed by atoms with Crippen LogP contribution < -0.4 is 5.32 Å². The maximum Gasteiger partial charge on any atom is 0.269 e. The molecule has 1 aliphatic carbocycles. The van der Waals surface area contributed by atoms with Gasteiger partial charge in [0.25, 0.3) is 5.69 Å². The highest BCUT2D eigenvalue weighted by Gasteiger charge is 2.79. The third-order valence-electron chi connectivity index (χ3n) is 5.85. The van der Waals surface area contributed by atoms with E-state index in [-0.39, 0.29) is 26.9 Å². The molecule has 0 radical (unpaired) electrons. The molecule has 1 aromatic rings. The van der Waals surface area contributed by atoms with Crippen molar-refractivity contribution in [2.45, 2.75) is 33.1 Å². The Morgan fingerprint density at radius 2 is 1.83 bits per heavy atom. The van der Waals surface area contributed by atoms with Crippen molar-refractivity contribution in [3.63, 3.8) is 0 Å². The van der Waals surface area contributed by atoms with Gasteiger partial charge in [0.15, 0.2) is 0 Å². The van der Waals surface area contributed by atoms with E-state index in [0.717, 1.165) is 17.8 Å². The Kier molecular flexibility index (Phi) is 1.84. The van der Waals surface area contributed by atoms with Crippen LogP contribution in [0.4, 0.5) is 11.4 Å². The van der Waals surface area contributed by atoms with E-state index in [9.17, 15) is 10.1 Å². The molecular formula is C14H18N2O2. The lowest BCUT2D eigenvalue weighted by Gasteiger charge is -2.14. The summed E-state index contributed by atoms with van der Waals surface area (Å²) in [7, 11) is 0. The van der Waals surface area contributed by atoms with Gasteiger partial charge in [-0.05, 0) is 22.5 Å². The zero-order chi connectivity index (χ0) is 13.3. The van der Waals surface area contributed by atoms with E-state index in [1.165, 1.54) is 0 Å². The molecule has 1 fully saturated rings. The first-order valence-electron chi connectivity index (χ1n) is 6.28. The molecule has 1 aromatic carbocycles. The molecule has 0 saturated heterocycles. The number of rotatable bonds is 1. The van der Waals surface area contributed by atoms with E-state index < -0.39 is 0 Å². The average Bonchev–Trinajstić information content (AvgIpc) is 2.64. The van der Waals surface area contributed by atoms with Gasteiger partial charge in [-0.2, -0.15) is 0 Å². The third-order valence-corrected chi connectivity index (χ3v) is 5.85. The van der Waals surface area contributed by atoms with Crippen LogP contribution in [0.25, 0.3) is 0 Å². The molecule has 3 rings (SSSR count). The standard InChI is InChI=1S/C14H18N2O2/c1-12(2)13(3,4)14(12)8-15-11-6-5-9(16(17)18)7-10(11)14/h5-7,15H,8H2,1-4H3. The summed E-state index contributed by atoms with van der Waals surface area (Å²) in [6.07, 6.45) is 0. The van der Waals surface area contributed by atoms with E-state index in [1.54, 1.807) is 12.1 Å². The van der Waals surface area contributed by atoms with Crippen LogP contribution in [-0.4, -0.2) is 11.5 Å². The molecule has 0 aromatic heterocycles. The van der Waals surface area contributed by atoms with Gasteiger partial charge in [0, 0.05) is 29.8 Å². The van der Waals surface area contributed by atoms with Crippen LogP contribution in [0.5, 0.6) is 0 Å². The highest BCUT2D eigenvalue weighted by atomic mass is 16.6. The summed E-state index contributed by atoms with van der Waals surface area (Å²) in [5.41, 5.74) is 2.71. The zero-order valence-electron chi connectivity index (χ0n) is 11.2. The number of hydrogen-bond acceptors (Lipinski definition) is 3. The minimum absolute atomic E-state index is 0.0291. The van der Waals surface area contributed by atoms with Gasteiger partial charge in [0.05, 0.1) is 4.92 Å². The number of fused-ring (bicyclic) bond motifs is 2. The highest BCUT2D eigenvalue weighted by molar-refractivity contribution is 5.69. The van der Waals surface area contributed by atoms with Crippen molar-refractivity contribution in [3.8, 4) is 0 Å². The lowest BCUT2D eigenvalue weighted by Crippen LogP contribution is -2.19. The summed E-state index contributed by atoms with van der Waals surface area (Å²) < 4.78 is 0. The van der Waals surface area contributed by atoms with Gasteiger partial charge in [0.2, 0.25) is 0 Å². The second-order valence-electron chi connectivity index (χ2n) is 6.50. The smallest absolute Gasteiger partial charge is 0.269 e. The number of hydrogen-bond donors (Lipinski definition) is 1. The second kappa shape index (κ2) is 2.87. The first-order valence-corrected chi connectivity index (χ1v) is 6.28. The Morgan fingerprint density at radius 3 is 2.33 bits per heavy atom. The molecule has 1 saturated carbocycles. The minimum atomic E-state index is -0.311. The number of benzene rings is 1. The molecule has 18 heavy (non-hydrogen) atoms. The van der Waals surface area contributed by atoms with Crippen molar-refractivity contribution >= 4 is 11.4 Å². The molecule has 0 bridgehead atoms. The zero-order valence-corrected chi connectivity index (χ0v) is 11.2. The summed E-state index contributed by atoms with van der Waals surface area (Å²) in [5.74, 6) is 0. The van der Waals surface area contributed by atoms with E-state index in [2.05, 4.69) is 33.0 Å². The summed E-state index contributed by atoms with van der Waals surface area (Å²) in [4.78, 5) is 10.6. The number of nitrogens with one attached hydrogen (secondary N) is 1. The lowest BCUT2D eigenvalue weighted by molar-refractivity contribution is -0.384. The van der Waals surface area contributed by atoms with Gasteiger partial charge in [-0.3, -0.25) is 10.1 Å². The third kappa shape index (κ3) is 0.945. The summed E-state index contributed by atoms with van der Waals surface area (Å²) >= 11 is 0. The van der Waals surface area contributed by atoms with Gasteiger partial charge in [-0.15, -0.1) is 0 Å². The van der Waals surface area contributed by atoms with E-state index in [1.807, 2.05) is 6.07 Å².